The Labute approximate surface area is 200 Å². The van der Waals surface area contributed by atoms with E-state index in [0.717, 1.165) is 33.4 Å². The van der Waals surface area contributed by atoms with Crippen molar-refractivity contribution in [1.29, 1.82) is 0 Å². The van der Waals surface area contributed by atoms with Crippen LogP contribution in [0.2, 0.25) is 0 Å². The quantitative estimate of drug-likeness (QED) is 0.286. The van der Waals surface area contributed by atoms with Gasteiger partial charge in [0.25, 0.3) is 0 Å². The highest BCUT2D eigenvalue weighted by molar-refractivity contribution is 5.71. The Morgan fingerprint density at radius 1 is 0.559 bits per heavy atom. The summed E-state index contributed by atoms with van der Waals surface area (Å²) in [7, 11) is 0. The van der Waals surface area contributed by atoms with Crippen molar-refractivity contribution in [2.75, 3.05) is 0 Å². The summed E-state index contributed by atoms with van der Waals surface area (Å²) >= 11 is 0. The van der Waals surface area contributed by atoms with Crippen molar-refractivity contribution in [3.63, 3.8) is 0 Å². The third-order valence-corrected chi connectivity index (χ3v) is 5.39. The topological polar surface area (TPSA) is 49.7 Å². The van der Waals surface area contributed by atoms with Gasteiger partial charge in [0, 0.05) is 6.07 Å². The highest BCUT2D eigenvalue weighted by Crippen LogP contribution is 2.25. The molecule has 0 amide bonds. The molecule has 170 valence electrons. The molecule has 3 nitrogen and oxygen atoms in total. The monoisotopic (exact) mass is 448 g/mol. The van der Waals surface area contributed by atoms with Gasteiger partial charge in [-0.2, -0.15) is 0 Å². The summed E-state index contributed by atoms with van der Waals surface area (Å²) in [5.41, 5.74) is 7.54. The first-order valence-electron chi connectivity index (χ1n) is 11.2. The van der Waals surface area contributed by atoms with Crippen molar-refractivity contribution in [2.24, 2.45) is 0 Å². The van der Waals surface area contributed by atoms with Crippen molar-refractivity contribution in [2.45, 2.75) is 20.5 Å². The summed E-state index contributed by atoms with van der Waals surface area (Å²) in [4.78, 5) is 0. The Morgan fingerprint density at radius 3 is 1.82 bits per heavy atom. The van der Waals surface area contributed by atoms with Crippen LogP contribution >= 0.6 is 0 Å². The average molecular weight is 449 g/mol. The molecule has 4 aromatic carbocycles. The molecule has 0 aliphatic rings. The van der Waals surface area contributed by atoms with Crippen molar-refractivity contribution in [3.8, 4) is 17.2 Å². The molecule has 0 atom stereocenters. The number of phenols is 2. The van der Waals surface area contributed by atoms with E-state index in [1.165, 1.54) is 5.56 Å². The minimum Gasteiger partial charge on any atom is -0.508 e. The maximum atomic E-state index is 10.2. The van der Waals surface area contributed by atoms with Gasteiger partial charge in [-0.25, -0.2) is 0 Å². The van der Waals surface area contributed by atoms with E-state index >= 15 is 0 Å². The maximum Gasteiger partial charge on any atom is 0.124 e. The molecule has 0 heterocycles. The van der Waals surface area contributed by atoms with Crippen LogP contribution in [-0.4, -0.2) is 10.2 Å². The summed E-state index contributed by atoms with van der Waals surface area (Å²) in [6, 6.07) is 27.0. The van der Waals surface area contributed by atoms with E-state index in [4.69, 9.17) is 4.74 Å². The Hall–Kier alpha value is -4.24. The Bertz CT molecular complexity index is 1210. The van der Waals surface area contributed by atoms with Crippen molar-refractivity contribution >= 4 is 24.3 Å². The standard InChI is InChI=1S/C31H28O3/c1-22-3-5-24(6-4-22)7-9-26-15-23(2)16-28(17-26)21-34-31-19-27(18-30(33)20-31)10-8-25-11-13-29(32)14-12-25/h3-20,32-33H,21H2,1-2H3/b9-7+,10-8+. The van der Waals surface area contributed by atoms with Gasteiger partial charge in [-0.05, 0) is 72.0 Å². The highest BCUT2D eigenvalue weighted by Gasteiger charge is 2.03. The van der Waals surface area contributed by atoms with Crippen LogP contribution in [0, 0.1) is 13.8 Å². The zero-order valence-corrected chi connectivity index (χ0v) is 19.4. The van der Waals surface area contributed by atoms with E-state index in [2.05, 4.69) is 68.5 Å². The van der Waals surface area contributed by atoms with Gasteiger partial charge < -0.3 is 14.9 Å². The van der Waals surface area contributed by atoms with Crippen molar-refractivity contribution < 1.29 is 14.9 Å². The van der Waals surface area contributed by atoms with Crippen LogP contribution in [0.5, 0.6) is 17.2 Å². The first-order valence-corrected chi connectivity index (χ1v) is 11.2. The fourth-order valence-electron chi connectivity index (χ4n) is 3.67. The summed E-state index contributed by atoms with van der Waals surface area (Å²) < 4.78 is 6.02. The molecular formula is C31H28O3. The number of aryl methyl sites for hydroxylation is 2. The summed E-state index contributed by atoms with van der Waals surface area (Å²) in [5, 5.41) is 19.6. The molecule has 0 bridgehead atoms. The zero-order valence-electron chi connectivity index (χ0n) is 19.4. The van der Waals surface area contributed by atoms with Crippen molar-refractivity contribution in [1.82, 2.24) is 0 Å². The number of benzene rings is 4. The predicted molar refractivity (Wildman–Crippen MR) is 141 cm³/mol. The Morgan fingerprint density at radius 2 is 1.15 bits per heavy atom. The fraction of sp³-hybridized carbons (Fsp3) is 0.0968. The number of aromatic hydroxyl groups is 2. The van der Waals surface area contributed by atoms with E-state index in [1.54, 1.807) is 24.3 Å². The third-order valence-electron chi connectivity index (χ3n) is 5.39. The predicted octanol–water partition coefficient (Wildman–Crippen LogP) is 7.63. The maximum absolute atomic E-state index is 10.2. The molecule has 0 aliphatic heterocycles. The number of rotatable bonds is 7. The van der Waals surface area contributed by atoms with Gasteiger partial charge in [0.2, 0.25) is 0 Å². The molecule has 0 aliphatic carbocycles. The van der Waals surface area contributed by atoms with E-state index in [-0.39, 0.29) is 11.5 Å². The minimum atomic E-state index is 0.147. The van der Waals surface area contributed by atoms with Crippen molar-refractivity contribution in [3.05, 3.63) is 124 Å². The van der Waals surface area contributed by atoms with Crippen LogP contribution in [0.1, 0.15) is 38.9 Å². The SMILES string of the molecule is Cc1ccc(/C=C/c2cc(C)cc(COc3cc(O)cc(/C=C/c4ccc(O)cc4)c3)c2)cc1. The second-order valence-electron chi connectivity index (χ2n) is 8.47. The molecule has 0 spiro atoms. The van der Waals surface area contributed by atoms with Gasteiger partial charge in [0.05, 0.1) is 0 Å². The molecule has 0 saturated heterocycles. The average Bonchev–Trinajstić information content (AvgIpc) is 2.81. The largest absolute Gasteiger partial charge is 0.508 e. The Balaban J connectivity index is 1.45. The molecule has 0 radical (unpaired) electrons. The number of hydrogen-bond donors (Lipinski definition) is 2. The third kappa shape index (κ3) is 6.63. The van der Waals surface area contributed by atoms with Crippen LogP contribution < -0.4 is 4.74 Å². The smallest absolute Gasteiger partial charge is 0.124 e. The minimum absolute atomic E-state index is 0.147. The number of hydrogen-bond acceptors (Lipinski definition) is 3. The van der Waals surface area contributed by atoms with Crippen LogP contribution in [0.15, 0.2) is 84.9 Å². The molecule has 4 rings (SSSR count). The summed E-state index contributed by atoms with van der Waals surface area (Å²) in [6.45, 7) is 4.56. The molecule has 0 saturated carbocycles. The molecule has 0 aromatic heterocycles. The van der Waals surface area contributed by atoms with E-state index in [1.807, 2.05) is 30.4 Å². The fourth-order valence-corrected chi connectivity index (χ4v) is 3.67. The van der Waals surface area contributed by atoms with Gasteiger partial charge in [0.1, 0.15) is 23.9 Å². The lowest BCUT2D eigenvalue weighted by Crippen LogP contribution is -1.97. The normalized spacial score (nSPS) is 11.4. The van der Waals surface area contributed by atoms with Gasteiger partial charge >= 0.3 is 0 Å². The van der Waals surface area contributed by atoms with E-state index in [0.29, 0.717) is 12.4 Å². The molecule has 2 N–H and O–H groups in total. The highest BCUT2D eigenvalue weighted by atomic mass is 16.5. The van der Waals surface area contributed by atoms with E-state index in [9.17, 15) is 10.2 Å². The Kier molecular flexibility index (Phi) is 7.14. The second kappa shape index (κ2) is 10.6. The lowest BCUT2D eigenvalue weighted by atomic mass is 10.1. The molecule has 3 heteroatoms. The first-order chi connectivity index (χ1) is 16.4. The van der Waals surface area contributed by atoms with Gasteiger partial charge in [-0.1, -0.05) is 84.0 Å². The molecule has 0 fully saturated rings. The molecular weight excluding hydrogens is 420 g/mol. The van der Waals surface area contributed by atoms with Gasteiger partial charge in [0.15, 0.2) is 0 Å². The summed E-state index contributed by atoms with van der Waals surface area (Å²) in [5.74, 6) is 0.979. The van der Waals surface area contributed by atoms with Crippen LogP contribution in [0.3, 0.4) is 0 Å². The summed E-state index contributed by atoms with van der Waals surface area (Å²) in [6.07, 6.45) is 8.05. The van der Waals surface area contributed by atoms with Gasteiger partial charge in [-0.3, -0.25) is 0 Å². The lowest BCUT2D eigenvalue weighted by Gasteiger charge is -2.10. The van der Waals surface area contributed by atoms with Gasteiger partial charge in [-0.15, -0.1) is 0 Å². The number of ether oxygens (including phenoxy) is 1. The van der Waals surface area contributed by atoms with E-state index < -0.39 is 0 Å². The zero-order chi connectivity index (χ0) is 23.9. The lowest BCUT2D eigenvalue weighted by molar-refractivity contribution is 0.304. The first kappa shape index (κ1) is 22.9. The number of phenolic OH excluding ortho intramolecular Hbond substituents is 2. The molecule has 4 aromatic rings. The second-order valence-corrected chi connectivity index (χ2v) is 8.47. The van der Waals surface area contributed by atoms with Crippen LogP contribution in [0.25, 0.3) is 24.3 Å². The van der Waals surface area contributed by atoms with Crippen LogP contribution in [0.4, 0.5) is 0 Å². The molecule has 34 heavy (non-hydrogen) atoms. The molecule has 0 unspecified atom stereocenters. The van der Waals surface area contributed by atoms with Crippen LogP contribution in [-0.2, 0) is 6.61 Å².